The van der Waals surface area contributed by atoms with Crippen LogP contribution >= 0.6 is 12.4 Å². The Morgan fingerprint density at radius 3 is 2.65 bits per heavy atom. The highest BCUT2D eigenvalue weighted by Gasteiger charge is 2.16. The molecule has 0 bridgehead atoms. The molecule has 1 amide bonds. The molecule has 0 heterocycles. The van der Waals surface area contributed by atoms with E-state index in [2.05, 4.69) is 10.6 Å². The second kappa shape index (κ2) is 11.7. The number of carbonyl (C=O) groups excluding carboxylic acids is 1. The molecule has 0 spiro atoms. The SMILES string of the molecule is CCCC(NCC(=O)NCc1cccc(OCC)c1)C(=O)O.Cl. The zero-order valence-electron chi connectivity index (χ0n) is 13.5. The van der Waals surface area contributed by atoms with Gasteiger partial charge in [0.1, 0.15) is 11.8 Å². The molecule has 0 radical (unpaired) electrons. The van der Waals surface area contributed by atoms with Gasteiger partial charge in [-0.25, -0.2) is 0 Å². The smallest absolute Gasteiger partial charge is 0.320 e. The number of nitrogens with one attached hydrogen (secondary N) is 2. The highest BCUT2D eigenvalue weighted by atomic mass is 35.5. The molecule has 0 saturated heterocycles. The zero-order chi connectivity index (χ0) is 16.4. The number of hydrogen-bond acceptors (Lipinski definition) is 4. The third-order valence-corrected chi connectivity index (χ3v) is 3.08. The summed E-state index contributed by atoms with van der Waals surface area (Å²) in [6.07, 6.45) is 1.24. The summed E-state index contributed by atoms with van der Waals surface area (Å²) in [4.78, 5) is 22.7. The quantitative estimate of drug-likeness (QED) is 0.604. The van der Waals surface area contributed by atoms with Crippen molar-refractivity contribution in [1.29, 1.82) is 0 Å². The van der Waals surface area contributed by atoms with Crippen LogP contribution in [0.1, 0.15) is 32.3 Å². The van der Waals surface area contributed by atoms with E-state index in [0.29, 0.717) is 19.6 Å². The van der Waals surface area contributed by atoms with E-state index in [1.165, 1.54) is 0 Å². The number of ether oxygens (including phenoxy) is 1. The highest BCUT2D eigenvalue weighted by molar-refractivity contribution is 5.85. The maximum absolute atomic E-state index is 11.8. The van der Waals surface area contributed by atoms with E-state index in [-0.39, 0.29) is 24.9 Å². The molecule has 1 rings (SSSR count). The molecule has 0 saturated carbocycles. The summed E-state index contributed by atoms with van der Waals surface area (Å²) in [6.45, 7) is 4.78. The van der Waals surface area contributed by atoms with Gasteiger partial charge in [0.05, 0.1) is 13.2 Å². The van der Waals surface area contributed by atoms with Crippen molar-refractivity contribution in [2.45, 2.75) is 39.3 Å². The van der Waals surface area contributed by atoms with Crippen molar-refractivity contribution in [2.24, 2.45) is 0 Å². The van der Waals surface area contributed by atoms with Crippen LogP contribution < -0.4 is 15.4 Å². The summed E-state index contributed by atoms with van der Waals surface area (Å²) in [5, 5.41) is 14.5. The summed E-state index contributed by atoms with van der Waals surface area (Å²) in [6, 6.07) is 6.81. The number of carbonyl (C=O) groups is 2. The van der Waals surface area contributed by atoms with E-state index in [1.54, 1.807) is 0 Å². The Kier molecular flexibility index (Phi) is 10.8. The van der Waals surface area contributed by atoms with Gasteiger partial charge in [0.2, 0.25) is 5.91 Å². The number of carboxylic acids is 1. The zero-order valence-corrected chi connectivity index (χ0v) is 14.3. The van der Waals surface area contributed by atoms with E-state index >= 15 is 0 Å². The highest BCUT2D eigenvalue weighted by Crippen LogP contribution is 2.12. The topological polar surface area (TPSA) is 87.7 Å². The Morgan fingerprint density at radius 1 is 1.30 bits per heavy atom. The van der Waals surface area contributed by atoms with Gasteiger partial charge in [-0.1, -0.05) is 25.5 Å². The van der Waals surface area contributed by atoms with Gasteiger partial charge in [-0.15, -0.1) is 12.4 Å². The fraction of sp³-hybridized carbons (Fsp3) is 0.500. The molecule has 1 atom stereocenters. The normalized spacial score (nSPS) is 11.2. The number of carboxylic acid groups (broad SMARTS) is 1. The van der Waals surface area contributed by atoms with Crippen molar-refractivity contribution in [2.75, 3.05) is 13.2 Å². The lowest BCUT2D eigenvalue weighted by Gasteiger charge is -2.13. The summed E-state index contributed by atoms with van der Waals surface area (Å²) in [5.41, 5.74) is 0.933. The molecule has 6 nitrogen and oxygen atoms in total. The average molecular weight is 345 g/mol. The Morgan fingerprint density at radius 2 is 2.04 bits per heavy atom. The van der Waals surface area contributed by atoms with Crippen molar-refractivity contribution < 1.29 is 19.4 Å². The molecule has 130 valence electrons. The number of hydrogen-bond donors (Lipinski definition) is 3. The molecule has 0 aromatic heterocycles. The minimum atomic E-state index is -0.931. The molecule has 7 heteroatoms. The Hall–Kier alpha value is -1.79. The van der Waals surface area contributed by atoms with Gasteiger partial charge in [-0.2, -0.15) is 0 Å². The van der Waals surface area contributed by atoms with Gasteiger partial charge >= 0.3 is 5.97 Å². The minimum absolute atomic E-state index is 0. The van der Waals surface area contributed by atoms with Crippen LogP contribution in [-0.2, 0) is 16.1 Å². The predicted molar refractivity (Wildman–Crippen MR) is 91.0 cm³/mol. The molecular formula is C16H25ClN2O4. The van der Waals surface area contributed by atoms with Crippen LogP contribution in [0.4, 0.5) is 0 Å². The van der Waals surface area contributed by atoms with Gasteiger partial charge in [-0.3, -0.25) is 14.9 Å². The molecule has 1 unspecified atom stereocenters. The van der Waals surface area contributed by atoms with Crippen LogP contribution in [0.15, 0.2) is 24.3 Å². The van der Waals surface area contributed by atoms with Crippen LogP contribution in [0.3, 0.4) is 0 Å². The third kappa shape index (κ3) is 8.42. The lowest BCUT2D eigenvalue weighted by Crippen LogP contribution is -2.42. The summed E-state index contributed by atoms with van der Waals surface area (Å²) in [7, 11) is 0. The number of rotatable bonds is 10. The van der Waals surface area contributed by atoms with Crippen LogP contribution in [-0.4, -0.2) is 36.2 Å². The maximum atomic E-state index is 11.8. The fourth-order valence-corrected chi connectivity index (χ4v) is 1.99. The van der Waals surface area contributed by atoms with E-state index in [1.807, 2.05) is 38.1 Å². The minimum Gasteiger partial charge on any atom is -0.494 e. The van der Waals surface area contributed by atoms with Gasteiger partial charge in [0.15, 0.2) is 0 Å². The van der Waals surface area contributed by atoms with E-state index < -0.39 is 12.0 Å². The van der Waals surface area contributed by atoms with Crippen molar-refractivity contribution in [3.63, 3.8) is 0 Å². The standard InChI is InChI=1S/C16H24N2O4.ClH/c1-3-6-14(16(20)21)17-11-15(19)18-10-12-7-5-8-13(9-12)22-4-2;/h5,7-9,14,17H,3-4,6,10-11H2,1-2H3,(H,18,19)(H,20,21);1H. The summed E-state index contributed by atoms with van der Waals surface area (Å²) >= 11 is 0. The van der Waals surface area contributed by atoms with Gasteiger partial charge < -0.3 is 15.2 Å². The number of benzene rings is 1. The Labute approximate surface area is 143 Å². The van der Waals surface area contributed by atoms with Crippen molar-refractivity contribution in [1.82, 2.24) is 10.6 Å². The maximum Gasteiger partial charge on any atom is 0.320 e. The van der Waals surface area contributed by atoms with Crippen LogP contribution in [0, 0.1) is 0 Å². The average Bonchev–Trinajstić information content (AvgIpc) is 2.50. The van der Waals surface area contributed by atoms with Crippen molar-refractivity contribution >= 4 is 24.3 Å². The number of halogens is 1. The van der Waals surface area contributed by atoms with E-state index in [0.717, 1.165) is 17.7 Å². The van der Waals surface area contributed by atoms with E-state index in [9.17, 15) is 9.59 Å². The molecule has 1 aromatic rings. The number of aliphatic carboxylic acids is 1. The van der Waals surface area contributed by atoms with Crippen molar-refractivity contribution in [3.05, 3.63) is 29.8 Å². The first-order chi connectivity index (χ1) is 10.6. The van der Waals surface area contributed by atoms with Crippen LogP contribution in [0.25, 0.3) is 0 Å². The third-order valence-electron chi connectivity index (χ3n) is 3.08. The molecule has 0 aliphatic carbocycles. The van der Waals surface area contributed by atoms with Gasteiger partial charge in [0, 0.05) is 6.54 Å². The Bertz CT molecular complexity index is 497. The largest absolute Gasteiger partial charge is 0.494 e. The molecular weight excluding hydrogens is 320 g/mol. The Balaban J connectivity index is 0.00000484. The summed E-state index contributed by atoms with van der Waals surface area (Å²) < 4.78 is 5.40. The monoisotopic (exact) mass is 344 g/mol. The molecule has 1 aromatic carbocycles. The van der Waals surface area contributed by atoms with Gasteiger partial charge in [0.25, 0.3) is 0 Å². The molecule has 0 fully saturated rings. The number of amides is 1. The lowest BCUT2D eigenvalue weighted by atomic mass is 10.1. The molecule has 0 aliphatic rings. The van der Waals surface area contributed by atoms with E-state index in [4.69, 9.17) is 9.84 Å². The summed E-state index contributed by atoms with van der Waals surface area (Å²) in [5.74, 6) is -0.399. The van der Waals surface area contributed by atoms with Crippen molar-refractivity contribution in [3.8, 4) is 5.75 Å². The first-order valence-corrected chi connectivity index (χ1v) is 7.51. The second-order valence-corrected chi connectivity index (χ2v) is 4.92. The van der Waals surface area contributed by atoms with Crippen LogP contribution in [0.5, 0.6) is 5.75 Å². The predicted octanol–water partition coefficient (Wildman–Crippen LogP) is 1.97. The van der Waals surface area contributed by atoms with Gasteiger partial charge in [-0.05, 0) is 31.0 Å². The molecule has 23 heavy (non-hydrogen) atoms. The fourth-order valence-electron chi connectivity index (χ4n) is 1.99. The molecule has 0 aliphatic heterocycles. The first-order valence-electron chi connectivity index (χ1n) is 7.51. The first kappa shape index (κ1) is 21.2. The lowest BCUT2D eigenvalue weighted by molar-refractivity contribution is -0.139. The molecule has 3 N–H and O–H groups in total. The second-order valence-electron chi connectivity index (χ2n) is 4.92. The van der Waals surface area contributed by atoms with Crippen LogP contribution in [0.2, 0.25) is 0 Å².